The summed E-state index contributed by atoms with van der Waals surface area (Å²) < 4.78 is 5.74. The van der Waals surface area contributed by atoms with Crippen LogP contribution in [0, 0.1) is 5.92 Å². The summed E-state index contributed by atoms with van der Waals surface area (Å²) in [7, 11) is 0. The third-order valence-electron chi connectivity index (χ3n) is 4.59. The smallest absolute Gasteiger partial charge is 0.244 e. The first-order chi connectivity index (χ1) is 10.3. The molecule has 1 fully saturated rings. The molecule has 2 aliphatic heterocycles. The number of hydrogen-bond acceptors (Lipinski definition) is 3. The van der Waals surface area contributed by atoms with Crippen molar-refractivity contribution in [1.29, 1.82) is 0 Å². The zero-order valence-electron chi connectivity index (χ0n) is 12.7. The molecule has 0 radical (unpaired) electrons. The molecule has 3 rings (SSSR count). The largest absolute Gasteiger partial charge is 0.491 e. The maximum absolute atomic E-state index is 12.9. The van der Waals surface area contributed by atoms with Gasteiger partial charge >= 0.3 is 0 Å². The molecular weight excluding hydrogens is 264 g/mol. The summed E-state index contributed by atoms with van der Waals surface area (Å²) in [5.74, 6) is 1.69. The number of nitrogens with zero attached hydrogens (tertiary/aromatic N) is 1. The van der Waals surface area contributed by atoms with Crippen molar-refractivity contribution in [2.24, 2.45) is 5.92 Å². The minimum absolute atomic E-state index is 0.0464. The summed E-state index contributed by atoms with van der Waals surface area (Å²) in [6, 6.07) is 7.81. The number of rotatable bonds is 2. The van der Waals surface area contributed by atoms with Crippen molar-refractivity contribution in [3.8, 4) is 5.75 Å². The van der Waals surface area contributed by atoms with Gasteiger partial charge in [0.1, 0.15) is 5.75 Å². The predicted octanol–water partition coefficient (Wildman–Crippen LogP) is 2.58. The fourth-order valence-electron chi connectivity index (χ4n) is 3.30. The third-order valence-corrected chi connectivity index (χ3v) is 4.59. The van der Waals surface area contributed by atoms with Gasteiger partial charge in [0.05, 0.1) is 18.3 Å². The summed E-state index contributed by atoms with van der Waals surface area (Å²) in [4.78, 5) is 14.9. The summed E-state index contributed by atoms with van der Waals surface area (Å²) in [6.07, 6.45) is 4.17. The number of amides is 1. The van der Waals surface area contributed by atoms with Crippen molar-refractivity contribution in [1.82, 2.24) is 5.32 Å². The number of ether oxygens (including phenoxy) is 1. The Morgan fingerprint density at radius 2 is 2.29 bits per heavy atom. The van der Waals surface area contributed by atoms with E-state index in [2.05, 4.69) is 12.2 Å². The lowest BCUT2D eigenvalue weighted by Crippen LogP contribution is -2.50. The average molecular weight is 288 g/mol. The van der Waals surface area contributed by atoms with Crippen LogP contribution in [0.5, 0.6) is 5.75 Å². The zero-order valence-corrected chi connectivity index (χ0v) is 12.7. The molecule has 2 atom stereocenters. The van der Waals surface area contributed by atoms with E-state index >= 15 is 0 Å². The first kappa shape index (κ1) is 14.4. The van der Waals surface area contributed by atoms with E-state index in [1.54, 1.807) is 0 Å². The van der Waals surface area contributed by atoms with E-state index in [0.29, 0.717) is 12.5 Å². The van der Waals surface area contributed by atoms with Gasteiger partial charge in [0.15, 0.2) is 0 Å². The molecule has 2 aliphatic rings. The van der Waals surface area contributed by atoms with E-state index in [0.717, 1.165) is 43.8 Å². The highest BCUT2D eigenvalue weighted by molar-refractivity contribution is 5.98. The number of carbonyl (C=O) groups excluding carboxylic acids is 1. The van der Waals surface area contributed by atoms with Crippen LogP contribution in [0.15, 0.2) is 24.3 Å². The predicted molar refractivity (Wildman–Crippen MR) is 83.7 cm³/mol. The van der Waals surface area contributed by atoms with Crippen LogP contribution < -0.4 is 15.0 Å². The Morgan fingerprint density at radius 1 is 1.43 bits per heavy atom. The Hall–Kier alpha value is -1.55. The zero-order chi connectivity index (χ0) is 14.7. The molecule has 21 heavy (non-hydrogen) atoms. The monoisotopic (exact) mass is 288 g/mol. The van der Waals surface area contributed by atoms with Gasteiger partial charge in [-0.05, 0) is 43.9 Å². The minimum Gasteiger partial charge on any atom is -0.491 e. The van der Waals surface area contributed by atoms with Gasteiger partial charge in [-0.25, -0.2) is 0 Å². The molecule has 1 aromatic carbocycles. The molecule has 0 aliphatic carbocycles. The van der Waals surface area contributed by atoms with Crippen LogP contribution in [-0.4, -0.2) is 31.6 Å². The molecule has 4 nitrogen and oxygen atoms in total. The molecule has 1 N–H and O–H groups in total. The molecule has 4 heteroatoms. The number of para-hydroxylation sites is 2. The normalized spacial score (nSPS) is 25.7. The van der Waals surface area contributed by atoms with E-state index in [1.807, 2.05) is 29.2 Å². The molecule has 1 aromatic rings. The molecule has 0 aromatic heterocycles. The Labute approximate surface area is 126 Å². The molecule has 1 amide bonds. The van der Waals surface area contributed by atoms with Gasteiger partial charge in [0, 0.05) is 6.54 Å². The van der Waals surface area contributed by atoms with Gasteiger partial charge in [-0.2, -0.15) is 0 Å². The lowest BCUT2D eigenvalue weighted by molar-refractivity contribution is -0.121. The lowest BCUT2D eigenvalue weighted by atomic mass is 9.90. The fraction of sp³-hybridized carbons (Fsp3) is 0.588. The van der Waals surface area contributed by atoms with E-state index in [9.17, 15) is 4.79 Å². The van der Waals surface area contributed by atoms with Crippen LogP contribution in [0.25, 0.3) is 0 Å². The standard InChI is InChI=1S/C17H24N2O2/c1-2-13-8-9-18-14(12-13)17(20)19-10-5-11-21-16-7-4-3-6-15(16)19/h3-4,6-7,13-14,18H,2,5,8-12H2,1H3. The molecule has 1 saturated heterocycles. The van der Waals surface area contributed by atoms with Crippen LogP contribution in [0.3, 0.4) is 0 Å². The Bertz CT molecular complexity index is 503. The SMILES string of the molecule is CCC1CCNC(C(=O)N2CCCOc3ccccc32)C1. The maximum Gasteiger partial charge on any atom is 0.244 e. The van der Waals surface area contributed by atoms with Gasteiger partial charge in [-0.1, -0.05) is 25.5 Å². The number of hydrogen-bond donors (Lipinski definition) is 1. The summed E-state index contributed by atoms with van der Waals surface area (Å²) in [5, 5.41) is 3.40. The fourth-order valence-corrected chi connectivity index (χ4v) is 3.30. The molecular formula is C17H24N2O2. The Balaban J connectivity index is 1.80. The Morgan fingerprint density at radius 3 is 3.14 bits per heavy atom. The van der Waals surface area contributed by atoms with Gasteiger partial charge in [0.25, 0.3) is 0 Å². The van der Waals surface area contributed by atoms with Crippen LogP contribution >= 0.6 is 0 Å². The lowest BCUT2D eigenvalue weighted by Gasteiger charge is -2.33. The van der Waals surface area contributed by atoms with Crippen LogP contribution in [0.4, 0.5) is 5.69 Å². The van der Waals surface area contributed by atoms with E-state index in [1.165, 1.54) is 6.42 Å². The molecule has 0 spiro atoms. The van der Waals surface area contributed by atoms with Gasteiger partial charge < -0.3 is 15.0 Å². The van der Waals surface area contributed by atoms with Gasteiger partial charge in [-0.15, -0.1) is 0 Å². The quantitative estimate of drug-likeness (QED) is 0.909. The molecule has 2 heterocycles. The summed E-state index contributed by atoms with van der Waals surface area (Å²) >= 11 is 0. The Kier molecular flexibility index (Phi) is 4.44. The van der Waals surface area contributed by atoms with Crippen molar-refractivity contribution < 1.29 is 9.53 Å². The number of fused-ring (bicyclic) bond motifs is 1. The topological polar surface area (TPSA) is 41.6 Å². The second kappa shape index (κ2) is 6.48. The molecule has 0 bridgehead atoms. The maximum atomic E-state index is 12.9. The highest BCUT2D eigenvalue weighted by Crippen LogP contribution is 2.32. The van der Waals surface area contributed by atoms with E-state index in [4.69, 9.17) is 4.74 Å². The number of anilines is 1. The average Bonchev–Trinajstić information content (AvgIpc) is 2.76. The molecule has 114 valence electrons. The first-order valence-electron chi connectivity index (χ1n) is 8.06. The number of benzene rings is 1. The number of piperidine rings is 1. The number of nitrogens with one attached hydrogen (secondary N) is 1. The van der Waals surface area contributed by atoms with E-state index < -0.39 is 0 Å². The van der Waals surface area contributed by atoms with Crippen molar-refractivity contribution in [2.45, 2.75) is 38.6 Å². The third kappa shape index (κ3) is 3.05. The second-order valence-corrected chi connectivity index (χ2v) is 5.96. The van der Waals surface area contributed by atoms with Crippen molar-refractivity contribution in [3.63, 3.8) is 0 Å². The van der Waals surface area contributed by atoms with E-state index in [-0.39, 0.29) is 11.9 Å². The summed E-state index contributed by atoms with van der Waals surface area (Å²) in [5.41, 5.74) is 0.917. The van der Waals surface area contributed by atoms with Crippen LogP contribution in [0.1, 0.15) is 32.6 Å². The number of carbonyl (C=O) groups is 1. The minimum atomic E-state index is -0.0464. The van der Waals surface area contributed by atoms with Gasteiger partial charge in [0.2, 0.25) is 5.91 Å². The molecule has 2 unspecified atom stereocenters. The first-order valence-corrected chi connectivity index (χ1v) is 8.06. The van der Waals surface area contributed by atoms with Crippen molar-refractivity contribution >= 4 is 11.6 Å². The summed E-state index contributed by atoms with van der Waals surface area (Å²) in [6.45, 7) is 4.58. The highest BCUT2D eigenvalue weighted by atomic mass is 16.5. The molecule has 0 saturated carbocycles. The van der Waals surface area contributed by atoms with Crippen LogP contribution in [-0.2, 0) is 4.79 Å². The highest BCUT2D eigenvalue weighted by Gasteiger charge is 2.31. The van der Waals surface area contributed by atoms with Crippen LogP contribution in [0.2, 0.25) is 0 Å². The van der Waals surface area contributed by atoms with Crippen molar-refractivity contribution in [2.75, 3.05) is 24.6 Å². The van der Waals surface area contributed by atoms with Gasteiger partial charge in [-0.3, -0.25) is 4.79 Å². The van der Waals surface area contributed by atoms with Crippen molar-refractivity contribution in [3.05, 3.63) is 24.3 Å². The second-order valence-electron chi connectivity index (χ2n) is 5.96.